The number of imidazole rings is 1. The van der Waals surface area contributed by atoms with Crippen LogP contribution < -0.4 is 4.74 Å². The molecular weight excluding hydrogens is 262 g/mol. The van der Waals surface area contributed by atoms with Gasteiger partial charge in [0.2, 0.25) is 0 Å². The smallest absolute Gasteiger partial charge is 0.119 e. The second-order valence-electron chi connectivity index (χ2n) is 4.67. The van der Waals surface area contributed by atoms with E-state index in [0.29, 0.717) is 19.6 Å². The van der Waals surface area contributed by atoms with Crippen LogP contribution in [0.1, 0.15) is 5.82 Å². The van der Waals surface area contributed by atoms with Gasteiger partial charge in [0.1, 0.15) is 18.1 Å². The first-order valence-corrected chi connectivity index (χ1v) is 6.87. The van der Waals surface area contributed by atoms with Crippen LogP contribution in [0.4, 0.5) is 0 Å². The van der Waals surface area contributed by atoms with E-state index in [-0.39, 0.29) is 0 Å². The van der Waals surface area contributed by atoms with Crippen molar-refractivity contribution >= 4 is 11.0 Å². The lowest BCUT2D eigenvalue weighted by Gasteiger charge is -2.07. The molecule has 1 aromatic heterocycles. The van der Waals surface area contributed by atoms with Crippen molar-refractivity contribution in [3.8, 4) is 11.8 Å². The van der Waals surface area contributed by atoms with Crippen molar-refractivity contribution in [1.29, 1.82) is 5.26 Å². The molecule has 0 spiro atoms. The molecule has 0 fully saturated rings. The third kappa shape index (κ3) is 2.87. The third-order valence-electron chi connectivity index (χ3n) is 3.30. The monoisotopic (exact) mass is 277 g/mol. The number of para-hydroxylation sites is 3. The van der Waals surface area contributed by atoms with Gasteiger partial charge in [0.05, 0.1) is 23.7 Å². The van der Waals surface area contributed by atoms with E-state index >= 15 is 0 Å². The van der Waals surface area contributed by atoms with Gasteiger partial charge in [0.25, 0.3) is 0 Å². The summed E-state index contributed by atoms with van der Waals surface area (Å²) in [5.41, 5.74) is 1.91. The minimum Gasteiger partial charge on any atom is -0.493 e. The summed E-state index contributed by atoms with van der Waals surface area (Å²) in [4.78, 5) is 4.59. The van der Waals surface area contributed by atoms with Gasteiger partial charge in [0.15, 0.2) is 0 Å². The number of rotatable bonds is 5. The molecule has 0 aliphatic rings. The second-order valence-corrected chi connectivity index (χ2v) is 4.67. The van der Waals surface area contributed by atoms with Crippen molar-refractivity contribution < 1.29 is 4.74 Å². The fourth-order valence-electron chi connectivity index (χ4n) is 2.34. The Morgan fingerprint density at radius 1 is 1.05 bits per heavy atom. The van der Waals surface area contributed by atoms with Crippen LogP contribution >= 0.6 is 0 Å². The molecule has 0 unspecified atom stereocenters. The average Bonchev–Trinajstić information content (AvgIpc) is 2.87. The van der Waals surface area contributed by atoms with E-state index in [4.69, 9.17) is 10.00 Å². The Labute approximate surface area is 123 Å². The molecule has 21 heavy (non-hydrogen) atoms. The van der Waals surface area contributed by atoms with E-state index in [0.717, 1.165) is 22.6 Å². The standard InChI is InChI=1S/C17H15N3O/c18-11-12-20-16-9-5-4-8-15(16)19-17(20)10-13-21-14-6-2-1-3-7-14/h1-9H,10,12-13H2. The second kappa shape index (κ2) is 6.10. The molecule has 3 rings (SSSR count). The molecule has 2 aromatic carbocycles. The quantitative estimate of drug-likeness (QED) is 0.719. The van der Waals surface area contributed by atoms with Crippen molar-refractivity contribution in [2.45, 2.75) is 13.0 Å². The molecule has 1 heterocycles. The van der Waals surface area contributed by atoms with Crippen LogP contribution in [0.15, 0.2) is 54.6 Å². The van der Waals surface area contributed by atoms with Crippen molar-refractivity contribution in [2.75, 3.05) is 6.61 Å². The minimum absolute atomic E-state index is 0.307. The predicted molar refractivity (Wildman–Crippen MR) is 81.0 cm³/mol. The highest BCUT2D eigenvalue weighted by Gasteiger charge is 2.09. The number of nitrogens with zero attached hydrogens (tertiary/aromatic N) is 3. The van der Waals surface area contributed by atoms with Crippen LogP contribution in [-0.2, 0) is 13.0 Å². The lowest BCUT2D eigenvalue weighted by Crippen LogP contribution is -2.08. The van der Waals surface area contributed by atoms with Crippen molar-refractivity contribution in [3.05, 3.63) is 60.4 Å². The fourth-order valence-corrected chi connectivity index (χ4v) is 2.34. The maximum absolute atomic E-state index is 9.00. The van der Waals surface area contributed by atoms with Crippen LogP contribution in [0.25, 0.3) is 11.0 Å². The lowest BCUT2D eigenvalue weighted by atomic mass is 10.3. The van der Waals surface area contributed by atoms with Gasteiger partial charge in [-0.1, -0.05) is 30.3 Å². The molecule has 0 N–H and O–H groups in total. The normalized spacial score (nSPS) is 10.4. The first kappa shape index (κ1) is 13.2. The fraction of sp³-hybridized carbons (Fsp3) is 0.176. The number of fused-ring (bicyclic) bond motifs is 1. The molecule has 0 radical (unpaired) electrons. The maximum atomic E-state index is 9.00. The molecule has 0 atom stereocenters. The van der Waals surface area contributed by atoms with Crippen molar-refractivity contribution in [1.82, 2.24) is 9.55 Å². The molecular formula is C17H15N3O. The van der Waals surface area contributed by atoms with Crippen LogP contribution in [0.2, 0.25) is 0 Å². The first-order chi connectivity index (χ1) is 10.4. The van der Waals surface area contributed by atoms with Crippen LogP contribution in [0.5, 0.6) is 5.75 Å². The first-order valence-electron chi connectivity index (χ1n) is 6.87. The summed E-state index contributed by atoms with van der Waals surface area (Å²) >= 11 is 0. The van der Waals surface area contributed by atoms with E-state index in [9.17, 15) is 0 Å². The number of hydrogen-bond donors (Lipinski definition) is 0. The third-order valence-corrected chi connectivity index (χ3v) is 3.30. The zero-order chi connectivity index (χ0) is 14.5. The van der Waals surface area contributed by atoms with Crippen LogP contribution in [0.3, 0.4) is 0 Å². The molecule has 0 amide bonds. The van der Waals surface area contributed by atoms with Crippen LogP contribution in [-0.4, -0.2) is 16.2 Å². The van der Waals surface area contributed by atoms with Gasteiger partial charge in [-0.05, 0) is 24.3 Å². The van der Waals surface area contributed by atoms with E-state index in [1.165, 1.54) is 0 Å². The molecule has 4 heteroatoms. The van der Waals surface area contributed by atoms with Crippen molar-refractivity contribution in [3.63, 3.8) is 0 Å². The van der Waals surface area contributed by atoms with Gasteiger partial charge >= 0.3 is 0 Å². The highest BCUT2D eigenvalue weighted by atomic mass is 16.5. The zero-order valence-electron chi connectivity index (χ0n) is 11.6. The molecule has 0 aliphatic heterocycles. The Hall–Kier alpha value is -2.80. The number of aromatic nitrogens is 2. The number of ether oxygens (including phenoxy) is 1. The SMILES string of the molecule is N#CCn1c(CCOc2ccccc2)nc2ccccc21. The topological polar surface area (TPSA) is 50.8 Å². The molecule has 0 saturated carbocycles. The molecule has 0 aliphatic carbocycles. The van der Waals surface area contributed by atoms with Gasteiger partial charge in [-0.15, -0.1) is 0 Å². The van der Waals surface area contributed by atoms with Gasteiger partial charge in [-0.3, -0.25) is 0 Å². The molecule has 104 valence electrons. The largest absolute Gasteiger partial charge is 0.493 e. The Morgan fingerprint density at radius 2 is 1.81 bits per heavy atom. The van der Waals surface area contributed by atoms with Crippen molar-refractivity contribution in [2.24, 2.45) is 0 Å². The van der Waals surface area contributed by atoms with Gasteiger partial charge in [0, 0.05) is 6.42 Å². The Balaban J connectivity index is 1.77. The Morgan fingerprint density at radius 3 is 2.62 bits per heavy atom. The summed E-state index contributed by atoms with van der Waals surface area (Å²) in [6, 6.07) is 19.8. The van der Waals surface area contributed by atoms with Gasteiger partial charge in [-0.2, -0.15) is 5.26 Å². The van der Waals surface area contributed by atoms with Gasteiger partial charge < -0.3 is 9.30 Å². The summed E-state index contributed by atoms with van der Waals surface area (Å²) in [6.07, 6.45) is 0.672. The summed E-state index contributed by atoms with van der Waals surface area (Å²) < 4.78 is 7.65. The molecule has 4 nitrogen and oxygen atoms in total. The highest BCUT2D eigenvalue weighted by Crippen LogP contribution is 2.16. The summed E-state index contributed by atoms with van der Waals surface area (Å²) in [5.74, 6) is 1.73. The Kier molecular flexibility index (Phi) is 3.83. The van der Waals surface area contributed by atoms with Crippen LogP contribution in [0, 0.1) is 11.3 Å². The average molecular weight is 277 g/mol. The summed E-state index contributed by atoms with van der Waals surface area (Å²) in [7, 11) is 0. The lowest BCUT2D eigenvalue weighted by molar-refractivity contribution is 0.317. The van der Waals surface area contributed by atoms with E-state index in [1.807, 2.05) is 59.2 Å². The number of nitriles is 1. The minimum atomic E-state index is 0.307. The summed E-state index contributed by atoms with van der Waals surface area (Å²) in [5, 5.41) is 9.00. The number of benzene rings is 2. The molecule has 0 bridgehead atoms. The summed E-state index contributed by atoms with van der Waals surface area (Å²) in [6.45, 7) is 0.847. The number of hydrogen-bond acceptors (Lipinski definition) is 3. The molecule has 3 aromatic rings. The maximum Gasteiger partial charge on any atom is 0.119 e. The predicted octanol–water partition coefficient (Wildman–Crippen LogP) is 3.18. The molecule has 0 saturated heterocycles. The van der Waals surface area contributed by atoms with Gasteiger partial charge in [-0.25, -0.2) is 4.98 Å². The highest BCUT2D eigenvalue weighted by molar-refractivity contribution is 5.76. The van der Waals surface area contributed by atoms with E-state index in [1.54, 1.807) is 0 Å². The van der Waals surface area contributed by atoms with E-state index in [2.05, 4.69) is 11.1 Å². The van der Waals surface area contributed by atoms with E-state index < -0.39 is 0 Å². The Bertz CT molecular complexity index is 772. The zero-order valence-corrected chi connectivity index (χ0v) is 11.6.